The first-order valence-corrected chi connectivity index (χ1v) is 4.42. The van der Waals surface area contributed by atoms with E-state index in [0.717, 1.165) is 6.07 Å². The molecular formula is C12H7F2NO. The number of nitriles is 1. The molecule has 0 N–H and O–H groups in total. The Morgan fingerprint density at radius 1 is 1.38 bits per heavy atom. The predicted octanol–water partition coefficient (Wildman–Crippen LogP) is 2.43. The molecule has 0 aromatic heterocycles. The highest BCUT2D eigenvalue weighted by Crippen LogP contribution is 2.14. The molecule has 0 amide bonds. The molecule has 0 spiro atoms. The number of rotatable bonds is 1. The highest BCUT2D eigenvalue weighted by Gasteiger charge is 2.11. The average Bonchev–Trinajstić information content (AvgIpc) is 2.21. The summed E-state index contributed by atoms with van der Waals surface area (Å²) in [5, 5.41) is 8.24. The molecule has 1 rings (SSSR count). The summed E-state index contributed by atoms with van der Waals surface area (Å²) in [7, 11) is 0. The molecule has 2 nitrogen and oxygen atoms in total. The molecule has 16 heavy (non-hydrogen) atoms. The first kappa shape index (κ1) is 11.9. The molecule has 0 saturated carbocycles. The van der Waals surface area contributed by atoms with Crippen LogP contribution in [-0.2, 0) is 0 Å². The molecule has 1 aromatic rings. The third kappa shape index (κ3) is 2.65. The van der Waals surface area contributed by atoms with E-state index in [2.05, 4.69) is 11.8 Å². The minimum absolute atomic E-state index is 0.0494. The number of benzene rings is 1. The van der Waals surface area contributed by atoms with E-state index in [-0.39, 0.29) is 17.5 Å². The van der Waals surface area contributed by atoms with Crippen LogP contribution < -0.4 is 0 Å². The van der Waals surface area contributed by atoms with Gasteiger partial charge in [-0.15, -0.1) is 0 Å². The van der Waals surface area contributed by atoms with Crippen LogP contribution in [0.4, 0.5) is 8.78 Å². The quantitative estimate of drug-likeness (QED) is 0.537. The number of halogens is 2. The molecule has 0 aliphatic carbocycles. The number of hydrogen-bond donors (Lipinski definition) is 0. The maximum Gasteiger partial charge on any atom is 0.162 e. The Labute approximate surface area is 91.5 Å². The van der Waals surface area contributed by atoms with E-state index in [4.69, 9.17) is 5.26 Å². The molecule has 1 aromatic carbocycles. The SMILES string of the molecule is CC(=O)c1cc(C#CCC#N)c(F)cc1F. The molecule has 0 radical (unpaired) electrons. The molecular weight excluding hydrogens is 212 g/mol. The lowest BCUT2D eigenvalue weighted by Gasteiger charge is -2.00. The van der Waals surface area contributed by atoms with Crippen LogP contribution in [0.2, 0.25) is 0 Å². The average molecular weight is 219 g/mol. The van der Waals surface area contributed by atoms with Gasteiger partial charge in [-0.2, -0.15) is 5.26 Å². The molecule has 0 aliphatic rings. The predicted molar refractivity (Wildman–Crippen MR) is 53.5 cm³/mol. The minimum Gasteiger partial charge on any atom is -0.294 e. The fourth-order valence-electron chi connectivity index (χ4n) is 1.09. The number of nitrogens with zero attached hydrogens (tertiary/aromatic N) is 1. The van der Waals surface area contributed by atoms with E-state index in [1.807, 2.05) is 0 Å². The first-order chi connectivity index (χ1) is 7.56. The molecule has 0 unspecified atom stereocenters. The number of Topliss-reactive ketones (excluding diaryl/α,β-unsaturated/α-hetero) is 1. The lowest BCUT2D eigenvalue weighted by atomic mass is 10.1. The summed E-state index contributed by atoms with van der Waals surface area (Å²) in [6.07, 6.45) is -0.0494. The second-order valence-electron chi connectivity index (χ2n) is 3.00. The molecule has 0 heterocycles. The fourth-order valence-corrected chi connectivity index (χ4v) is 1.09. The Morgan fingerprint density at radius 3 is 2.62 bits per heavy atom. The summed E-state index contributed by atoms with van der Waals surface area (Å²) in [6.45, 7) is 1.18. The van der Waals surface area contributed by atoms with Gasteiger partial charge in [0.15, 0.2) is 5.78 Å². The largest absolute Gasteiger partial charge is 0.294 e. The molecule has 4 heteroatoms. The van der Waals surface area contributed by atoms with E-state index in [1.165, 1.54) is 6.92 Å². The summed E-state index contributed by atoms with van der Waals surface area (Å²) in [5.41, 5.74) is -0.287. The molecule has 80 valence electrons. The van der Waals surface area contributed by atoms with Crippen molar-refractivity contribution in [3.63, 3.8) is 0 Å². The summed E-state index contributed by atoms with van der Waals surface area (Å²) < 4.78 is 26.3. The topological polar surface area (TPSA) is 40.9 Å². The van der Waals surface area contributed by atoms with Crippen LogP contribution in [0, 0.1) is 34.8 Å². The molecule has 0 fully saturated rings. The zero-order valence-electron chi connectivity index (χ0n) is 8.47. The van der Waals surface area contributed by atoms with E-state index < -0.39 is 17.4 Å². The van der Waals surface area contributed by atoms with Gasteiger partial charge >= 0.3 is 0 Å². The van der Waals surface area contributed by atoms with Crippen molar-refractivity contribution < 1.29 is 13.6 Å². The molecule has 0 aliphatic heterocycles. The van der Waals surface area contributed by atoms with Crippen LogP contribution in [0.5, 0.6) is 0 Å². The summed E-state index contributed by atoms with van der Waals surface area (Å²) in [6, 6.07) is 3.44. The van der Waals surface area contributed by atoms with E-state index >= 15 is 0 Å². The van der Waals surface area contributed by atoms with Crippen LogP contribution in [0.1, 0.15) is 29.3 Å². The van der Waals surface area contributed by atoms with Crippen LogP contribution in [0.3, 0.4) is 0 Å². The zero-order valence-corrected chi connectivity index (χ0v) is 8.47. The Kier molecular flexibility index (Phi) is 3.74. The van der Waals surface area contributed by atoms with Crippen LogP contribution >= 0.6 is 0 Å². The van der Waals surface area contributed by atoms with Gasteiger partial charge in [0.05, 0.1) is 23.6 Å². The first-order valence-electron chi connectivity index (χ1n) is 4.42. The summed E-state index contributed by atoms with van der Waals surface area (Å²) in [5.74, 6) is 2.52. The number of carbonyl (C=O) groups excluding carboxylic acids is 1. The lowest BCUT2D eigenvalue weighted by molar-refractivity contribution is 0.101. The monoisotopic (exact) mass is 219 g/mol. The minimum atomic E-state index is -0.907. The summed E-state index contributed by atoms with van der Waals surface area (Å²) >= 11 is 0. The van der Waals surface area contributed by atoms with Gasteiger partial charge in [0.1, 0.15) is 11.6 Å². The van der Waals surface area contributed by atoms with Gasteiger partial charge in [-0.1, -0.05) is 11.8 Å². The van der Waals surface area contributed by atoms with Crippen molar-refractivity contribution in [2.24, 2.45) is 0 Å². The molecule has 0 saturated heterocycles. The summed E-state index contributed by atoms with van der Waals surface area (Å²) in [4.78, 5) is 11.0. The van der Waals surface area contributed by atoms with Crippen molar-refractivity contribution in [3.05, 3.63) is 34.9 Å². The molecule has 0 atom stereocenters. The van der Waals surface area contributed by atoms with Gasteiger partial charge in [-0.05, 0) is 13.0 Å². The van der Waals surface area contributed by atoms with E-state index in [1.54, 1.807) is 6.07 Å². The van der Waals surface area contributed by atoms with Gasteiger partial charge in [0.25, 0.3) is 0 Å². The van der Waals surface area contributed by atoms with Crippen molar-refractivity contribution in [3.8, 4) is 17.9 Å². The number of hydrogen-bond acceptors (Lipinski definition) is 2. The highest BCUT2D eigenvalue weighted by atomic mass is 19.1. The van der Waals surface area contributed by atoms with Gasteiger partial charge in [-0.25, -0.2) is 8.78 Å². The lowest BCUT2D eigenvalue weighted by Crippen LogP contribution is -2.00. The fraction of sp³-hybridized carbons (Fsp3) is 0.167. The van der Waals surface area contributed by atoms with E-state index in [9.17, 15) is 13.6 Å². The third-order valence-electron chi connectivity index (χ3n) is 1.83. The van der Waals surface area contributed by atoms with E-state index in [0.29, 0.717) is 6.07 Å². The number of ketones is 1. The third-order valence-corrected chi connectivity index (χ3v) is 1.83. The van der Waals surface area contributed by atoms with Crippen LogP contribution in [0.25, 0.3) is 0 Å². The van der Waals surface area contributed by atoms with Crippen molar-refractivity contribution in [2.45, 2.75) is 13.3 Å². The normalized spacial score (nSPS) is 8.88. The Morgan fingerprint density at radius 2 is 2.06 bits per heavy atom. The standard InChI is InChI=1S/C12H7F2NO/c1-8(16)10-6-9(4-2-3-5-15)11(13)7-12(10)14/h6-7H,3H2,1H3. The smallest absolute Gasteiger partial charge is 0.162 e. The van der Waals surface area contributed by atoms with Gasteiger partial charge in [0.2, 0.25) is 0 Å². The zero-order chi connectivity index (χ0) is 12.1. The van der Waals surface area contributed by atoms with Crippen molar-refractivity contribution >= 4 is 5.78 Å². The maximum absolute atomic E-state index is 13.2. The van der Waals surface area contributed by atoms with Crippen LogP contribution in [-0.4, -0.2) is 5.78 Å². The van der Waals surface area contributed by atoms with Gasteiger partial charge in [0, 0.05) is 6.07 Å². The Hall–Kier alpha value is -2.20. The van der Waals surface area contributed by atoms with Crippen molar-refractivity contribution in [1.82, 2.24) is 0 Å². The highest BCUT2D eigenvalue weighted by molar-refractivity contribution is 5.94. The van der Waals surface area contributed by atoms with Gasteiger partial charge < -0.3 is 0 Å². The molecule has 0 bridgehead atoms. The second kappa shape index (κ2) is 5.04. The maximum atomic E-state index is 13.2. The Balaban J connectivity index is 3.22. The Bertz CT molecular complexity index is 532. The van der Waals surface area contributed by atoms with Crippen molar-refractivity contribution in [1.29, 1.82) is 5.26 Å². The van der Waals surface area contributed by atoms with Gasteiger partial charge in [-0.3, -0.25) is 4.79 Å². The van der Waals surface area contributed by atoms with Crippen LogP contribution in [0.15, 0.2) is 12.1 Å². The van der Waals surface area contributed by atoms with Crippen molar-refractivity contribution in [2.75, 3.05) is 0 Å². The number of carbonyl (C=O) groups is 1. The second-order valence-corrected chi connectivity index (χ2v) is 3.00.